The van der Waals surface area contributed by atoms with Gasteiger partial charge >= 0.3 is 6.18 Å². The summed E-state index contributed by atoms with van der Waals surface area (Å²) in [5.74, 6) is -2.83. The molecule has 0 aliphatic rings. The van der Waals surface area contributed by atoms with Crippen molar-refractivity contribution in [2.45, 2.75) is 56.8 Å². The fourth-order valence-electron chi connectivity index (χ4n) is 5.33. The van der Waals surface area contributed by atoms with Gasteiger partial charge in [0.1, 0.15) is 0 Å². The van der Waals surface area contributed by atoms with Crippen molar-refractivity contribution >= 4 is 34.3 Å². The van der Waals surface area contributed by atoms with E-state index in [2.05, 4.69) is 10.3 Å². The van der Waals surface area contributed by atoms with E-state index in [0.29, 0.717) is 17.5 Å². The summed E-state index contributed by atoms with van der Waals surface area (Å²) >= 11 is 0. The first-order valence-electron chi connectivity index (χ1n) is 15.8. The van der Waals surface area contributed by atoms with Gasteiger partial charge in [-0.3, -0.25) is 24.2 Å². The fraction of sp³-hybridized carbons (Fsp3) is 0.441. The summed E-state index contributed by atoms with van der Waals surface area (Å²) in [5.41, 5.74) is 23.8. The minimum atomic E-state index is -4.54. The molecule has 3 aromatic rings. The zero-order chi connectivity index (χ0) is 35.3. The highest BCUT2D eigenvalue weighted by atomic mass is 19.4. The number of hydrogen-bond acceptors (Lipinski definition) is 9. The maximum Gasteiger partial charge on any atom is 0.416 e. The number of nitrogens with zero attached hydrogens (tertiary/aromatic N) is 2. The molecule has 0 radical (unpaired) electrons. The highest BCUT2D eigenvalue weighted by molar-refractivity contribution is 5.95. The number of halogens is 3. The number of aromatic nitrogens is 1. The second-order valence-electron chi connectivity index (χ2n) is 11.7. The summed E-state index contributed by atoms with van der Waals surface area (Å²) in [6, 6.07) is 11.2. The molecule has 48 heavy (non-hydrogen) atoms. The van der Waals surface area contributed by atoms with E-state index in [4.69, 9.17) is 22.9 Å². The van der Waals surface area contributed by atoms with Crippen LogP contribution >= 0.6 is 0 Å². The van der Waals surface area contributed by atoms with Crippen LogP contribution in [-0.4, -0.2) is 78.1 Å². The molecule has 1 heterocycles. The summed E-state index contributed by atoms with van der Waals surface area (Å²) < 4.78 is 39.5. The van der Waals surface area contributed by atoms with Gasteiger partial charge in [0.05, 0.1) is 23.2 Å². The van der Waals surface area contributed by atoms with Crippen LogP contribution in [0.4, 0.5) is 13.2 Å². The number of hydrogen-bond donors (Lipinski definition) is 5. The van der Waals surface area contributed by atoms with Crippen LogP contribution in [0.25, 0.3) is 10.9 Å². The molecule has 0 fully saturated rings. The van der Waals surface area contributed by atoms with Crippen molar-refractivity contribution < 1.29 is 32.3 Å². The second kappa shape index (κ2) is 18.3. The number of Topliss-reactive ketones (excluding diaryl/α,β-unsaturated/α-hetero) is 2. The highest BCUT2D eigenvalue weighted by Gasteiger charge is 2.32. The maximum absolute atomic E-state index is 13.7. The van der Waals surface area contributed by atoms with Gasteiger partial charge in [-0.05, 0) is 61.2 Å². The lowest BCUT2D eigenvalue weighted by molar-refractivity contribution is -0.137. The standard InChI is InChI=1S/C34H44F3N7O4/c35-34(36,37)26-9-7-22(8-10-26)17-29(31(46)18-23-16-24-4-1-2-6-28(24)42-21-23)43-33(48)25(5-3-11-38)19-30(45)27(41)20-32(47)44(14-12-39)15-13-40/h1-2,4,6-10,16,21,25,27,29H,3,5,11-15,17-20,38-41H2,(H,43,48)/t25-,27?,29+/m1/s1. The van der Waals surface area contributed by atoms with Crippen molar-refractivity contribution in [3.05, 3.63) is 77.5 Å². The van der Waals surface area contributed by atoms with E-state index in [0.717, 1.165) is 23.0 Å². The number of ketones is 2. The van der Waals surface area contributed by atoms with Gasteiger partial charge in [-0.2, -0.15) is 13.2 Å². The number of carbonyl (C=O) groups is 4. The van der Waals surface area contributed by atoms with Crippen LogP contribution in [0, 0.1) is 5.92 Å². The summed E-state index contributed by atoms with van der Waals surface area (Å²) in [6.45, 7) is 1.16. The third-order valence-electron chi connectivity index (χ3n) is 7.99. The Kier molecular flexibility index (Phi) is 14.6. The van der Waals surface area contributed by atoms with Crippen LogP contribution in [0.1, 0.15) is 42.4 Å². The molecule has 3 rings (SSSR count). The summed E-state index contributed by atoms with van der Waals surface area (Å²) in [6.07, 6.45) is -3.17. The van der Waals surface area contributed by atoms with Gasteiger partial charge in [-0.25, -0.2) is 0 Å². The lowest BCUT2D eigenvalue weighted by atomic mass is 9.91. The first kappa shape index (κ1) is 38.2. The molecular formula is C34H44F3N7O4. The average molecular weight is 672 g/mol. The molecule has 0 aliphatic carbocycles. The Labute approximate surface area is 277 Å². The van der Waals surface area contributed by atoms with Crippen LogP contribution in [0.2, 0.25) is 0 Å². The van der Waals surface area contributed by atoms with Crippen LogP contribution in [0.3, 0.4) is 0 Å². The van der Waals surface area contributed by atoms with Crippen molar-refractivity contribution in [1.82, 2.24) is 15.2 Å². The number of amides is 2. The number of nitrogens with two attached hydrogens (primary N) is 4. The molecule has 3 atom stereocenters. The molecule has 1 aromatic heterocycles. The Morgan fingerprint density at radius 1 is 0.854 bits per heavy atom. The van der Waals surface area contributed by atoms with Crippen LogP contribution in [0.15, 0.2) is 60.8 Å². The van der Waals surface area contributed by atoms with Gasteiger partial charge in [0.15, 0.2) is 11.6 Å². The van der Waals surface area contributed by atoms with Crippen molar-refractivity contribution in [3.8, 4) is 0 Å². The molecule has 11 nitrogen and oxygen atoms in total. The summed E-state index contributed by atoms with van der Waals surface area (Å²) in [7, 11) is 0. The lowest BCUT2D eigenvalue weighted by Gasteiger charge is -2.24. The van der Waals surface area contributed by atoms with E-state index >= 15 is 0 Å². The monoisotopic (exact) mass is 671 g/mol. The maximum atomic E-state index is 13.7. The highest BCUT2D eigenvalue weighted by Crippen LogP contribution is 2.29. The Morgan fingerprint density at radius 2 is 1.52 bits per heavy atom. The molecule has 0 aliphatic heterocycles. The number of nitrogens with one attached hydrogen (secondary N) is 1. The van der Waals surface area contributed by atoms with Gasteiger partial charge < -0.3 is 33.2 Å². The number of rotatable bonds is 19. The van der Waals surface area contributed by atoms with Crippen molar-refractivity contribution in [2.24, 2.45) is 28.9 Å². The van der Waals surface area contributed by atoms with E-state index in [1.54, 1.807) is 6.20 Å². The number of fused-ring (bicyclic) bond motifs is 1. The predicted octanol–water partition coefficient (Wildman–Crippen LogP) is 1.87. The van der Waals surface area contributed by atoms with Gasteiger partial charge in [0, 0.05) is 62.9 Å². The SMILES string of the molecule is NCCC[C@H](CC(=O)C(N)CC(=O)N(CCN)CCN)C(=O)N[C@@H](Cc1ccc(C(F)(F)F)cc1)C(=O)Cc1cnc2ccccc2c1. The number of benzene rings is 2. The summed E-state index contributed by atoms with van der Waals surface area (Å²) in [5, 5.41) is 3.56. The van der Waals surface area contributed by atoms with Crippen LogP contribution < -0.4 is 28.3 Å². The van der Waals surface area contributed by atoms with E-state index in [9.17, 15) is 32.3 Å². The second-order valence-corrected chi connectivity index (χ2v) is 11.7. The molecule has 0 saturated carbocycles. The Balaban J connectivity index is 1.80. The molecule has 14 heteroatoms. The van der Waals surface area contributed by atoms with E-state index < -0.39 is 47.2 Å². The zero-order valence-corrected chi connectivity index (χ0v) is 26.8. The van der Waals surface area contributed by atoms with E-state index in [1.807, 2.05) is 30.3 Å². The molecule has 2 aromatic carbocycles. The number of pyridine rings is 1. The van der Waals surface area contributed by atoms with Gasteiger partial charge in [0.2, 0.25) is 11.8 Å². The van der Waals surface area contributed by atoms with E-state index in [1.165, 1.54) is 17.0 Å². The van der Waals surface area contributed by atoms with Crippen molar-refractivity contribution in [2.75, 3.05) is 32.7 Å². The number of alkyl halides is 3. The molecular weight excluding hydrogens is 627 g/mol. The quantitative estimate of drug-likeness (QED) is 0.126. The van der Waals surface area contributed by atoms with E-state index in [-0.39, 0.29) is 70.7 Å². The predicted molar refractivity (Wildman–Crippen MR) is 176 cm³/mol. The van der Waals surface area contributed by atoms with Gasteiger partial charge in [0.25, 0.3) is 0 Å². The Hall–Kier alpha value is -4.24. The van der Waals surface area contributed by atoms with Crippen molar-refractivity contribution in [3.63, 3.8) is 0 Å². The smallest absolute Gasteiger partial charge is 0.346 e. The summed E-state index contributed by atoms with van der Waals surface area (Å²) in [4.78, 5) is 59.0. The first-order valence-corrected chi connectivity index (χ1v) is 15.8. The molecule has 0 saturated heterocycles. The molecule has 2 amide bonds. The zero-order valence-electron chi connectivity index (χ0n) is 26.8. The minimum Gasteiger partial charge on any atom is -0.346 e. The Bertz CT molecular complexity index is 1530. The normalized spacial score (nSPS) is 13.5. The molecule has 260 valence electrons. The Morgan fingerprint density at radius 3 is 2.15 bits per heavy atom. The minimum absolute atomic E-state index is 0.0899. The van der Waals surface area contributed by atoms with Crippen LogP contribution in [0.5, 0.6) is 0 Å². The largest absolute Gasteiger partial charge is 0.416 e. The number of carbonyl (C=O) groups excluding carboxylic acids is 4. The third-order valence-corrected chi connectivity index (χ3v) is 7.99. The molecule has 1 unspecified atom stereocenters. The number of para-hydroxylation sites is 1. The van der Waals surface area contributed by atoms with Gasteiger partial charge in [-0.1, -0.05) is 30.3 Å². The van der Waals surface area contributed by atoms with Crippen LogP contribution in [-0.2, 0) is 38.2 Å². The van der Waals surface area contributed by atoms with Gasteiger partial charge in [-0.15, -0.1) is 0 Å². The average Bonchev–Trinajstić information content (AvgIpc) is 3.05. The fourth-order valence-corrected chi connectivity index (χ4v) is 5.33. The molecule has 0 bridgehead atoms. The third kappa shape index (κ3) is 11.5. The first-order chi connectivity index (χ1) is 22.9. The lowest BCUT2D eigenvalue weighted by Crippen LogP contribution is -2.47. The van der Waals surface area contributed by atoms with Crippen molar-refractivity contribution in [1.29, 1.82) is 0 Å². The molecule has 0 spiro atoms. The molecule has 9 N–H and O–H groups in total. The topological polar surface area (TPSA) is 201 Å².